The zero-order valence-corrected chi connectivity index (χ0v) is 28.3. The van der Waals surface area contributed by atoms with Gasteiger partial charge in [0, 0.05) is 22.0 Å². The summed E-state index contributed by atoms with van der Waals surface area (Å²) in [5, 5.41) is 31.2. The second-order valence-corrected chi connectivity index (χ2v) is 14.5. The number of carbonyl (C=O) groups excluding carboxylic acids is 4. The fourth-order valence-electron chi connectivity index (χ4n) is 7.81. The van der Waals surface area contributed by atoms with Crippen LogP contribution in [0, 0.1) is 23.6 Å². The number of anilines is 2. The van der Waals surface area contributed by atoms with E-state index in [9.17, 15) is 43.7 Å². The van der Waals surface area contributed by atoms with Gasteiger partial charge in [0.25, 0.3) is 11.8 Å². The van der Waals surface area contributed by atoms with Crippen LogP contribution in [0.2, 0.25) is 0 Å². The molecule has 0 unspecified atom stereocenters. The van der Waals surface area contributed by atoms with Crippen LogP contribution in [0.15, 0.2) is 70.7 Å². The summed E-state index contributed by atoms with van der Waals surface area (Å²) in [5.41, 5.74) is -0.0422. The van der Waals surface area contributed by atoms with Crippen LogP contribution in [-0.2, 0) is 19.2 Å². The normalized spacial score (nSPS) is 29.0. The van der Waals surface area contributed by atoms with E-state index in [0.29, 0.717) is 10.0 Å². The first-order valence-electron chi connectivity index (χ1n) is 14.9. The second kappa shape index (κ2) is 11.3. The van der Waals surface area contributed by atoms with Crippen molar-refractivity contribution in [2.75, 3.05) is 16.9 Å². The Kier molecular flexibility index (Phi) is 7.62. The van der Waals surface area contributed by atoms with Gasteiger partial charge in [0.2, 0.25) is 11.8 Å². The number of amides is 4. The van der Waals surface area contributed by atoms with Crippen LogP contribution in [0.3, 0.4) is 0 Å². The molecule has 0 radical (unpaired) electrons. The fourth-order valence-corrected chi connectivity index (χ4v) is 9.19. The third-order valence-corrected chi connectivity index (χ3v) is 11.8. The number of aromatic carboxylic acids is 1. The van der Waals surface area contributed by atoms with Crippen LogP contribution in [-0.4, -0.2) is 61.8 Å². The molecule has 11 nitrogen and oxygen atoms in total. The molecule has 49 heavy (non-hydrogen) atoms. The van der Waals surface area contributed by atoms with Crippen molar-refractivity contribution >= 4 is 80.1 Å². The van der Waals surface area contributed by atoms with Gasteiger partial charge in [0.05, 0.1) is 30.3 Å². The van der Waals surface area contributed by atoms with Crippen molar-refractivity contribution in [3.63, 3.8) is 0 Å². The van der Waals surface area contributed by atoms with E-state index in [2.05, 4.69) is 15.9 Å². The smallest absolute Gasteiger partial charge is 0.339 e. The van der Waals surface area contributed by atoms with Gasteiger partial charge in [-0.25, -0.2) is 19.0 Å². The lowest BCUT2D eigenvalue weighted by atomic mass is 9.56. The Bertz CT molecular complexity index is 2060. The van der Waals surface area contributed by atoms with Crippen LogP contribution >= 0.6 is 39.1 Å². The number of benzene rings is 3. The van der Waals surface area contributed by atoms with E-state index in [1.807, 2.05) is 0 Å². The monoisotopic (exact) mass is 772 g/mol. The molecule has 2 aliphatic carbocycles. The molecule has 4 amide bonds. The van der Waals surface area contributed by atoms with E-state index in [-0.39, 0.29) is 35.5 Å². The summed E-state index contributed by atoms with van der Waals surface area (Å²) in [5.74, 6) is -10.6. The number of carbonyl (C=O) groups is 5. The summed E-state index contributed by atoms with van der Waals surface area (Å²) >= 11 is 18.1. The maximum absolute atomic E-state index is 14.5. The highest BCUT2D eigenvalue weighted by Gasteiger charge is 2.77. The number of nitrogens with zero attached hydrogens (tertiary/aromatic N) is 2. The molecule has 0 spiro atoms. The number of rotatable bonds is 5. The van der Waals surface area contributed by atoms with Crippen LogP contribution < -0.4 is 14.5 Å². The molecular weight excluding hydrogens is 750 g/mol. The lowest BCUT2D eigenvalue weighted by Gasteiger charge is -2.50. The lowest BCUT2D eigenvalue weighted by molar-refractivity contribution is -0.125. The number of halogens is 4. The first-order chi connectivity index (χ1) is 23.1. The number of carboxylic acids is 1. The van der Waals surface area contributed by atoms with Crippen LogP contribution in [0.1, 0.15) is 34.7 Å². The Morgan fingerprint density at radius 1 is 0.939 bits per heavy atom. The summed E-state index contributed by atoms with van der Waals surface area (Å²) < 4.78 is 19.7. The van der Waals surface area contributed by atoms with E-state index >= 15 is 0 Å². The Labute approximate surface area is 295 Å². The summed E-state index contributed by atoms with van der Waals surface area (Å²) in [6.07, 6.45) is 1.30. The average Bonchev–Trinajstić information content (AvgIpc) is 3.40. The van der Waals surface area contributed by atoms with Crippen molar-refractivity contribution < 1.29 is 48.4 Å². The molecule has 2 saturated heterocycles. The Morgan fingerprint density at radius 2 is 1.61 bits per heavy atom. The van der Waals surface area contributed by atoms with Gasteiger partial charge in [0.1, 0.15) is 17.1 Å². The lowest BCUT2D eigenvalue weighted by Crippen LogP contribution is -2.60. The standard InChI is InChI=1S/C34H24BrCl2FN2O9/c1-49-24-11-14(35)10-21(27(24)42)26-18-8-9-20-25(29(44)39(28(20)43)17-6-7-19(30(45)46)23(41)12-17)22(18)13-33(36)31(47)40(32(48)34(26,33)37)16-4-2-15(38)3-5-16/h2-8,10-12,20,22,25-26,41-42H,9,13H2,1H3,(H,45,46)/t20-,22+,25-,26+,33+,34-/m0/s1. The van der Waals surface area contributed by atoms with E-state index < -0.39 is 85.9 Å². The molecule has 6 atom stereocenters. The van der Waals surface area contributed by atoms with E-state index in [0.717, 1.165) is 34.1 Å². The molecule has 3 aromatic rings. The summed E-state index contributed by atoms with van der Waals surface area (Å²) in [7, 11) is 1.32. The maximum atomic E-state index is 14.5. The minimum atomic E-state index is -2.29. The molecule has 7 rings (SSSR count). The molecule has 3 N–H and O–H groups in total. The minimum Gasteiger partial charge on any atom is -0.507 e. The largest absolute Gasteiger partial charge is 0.507 e. The van der Waals surface area contributed by atoms with Crippen molar-refractivity contribution in [2.45, 2.75) is 28.5 Å². The average molecular weight is 774 g/mol. The second-order valence-electron chi connectivity index (χ2n) is 12.3. The van der Waals surface area contributed by atoms with Crippen LogP contribution in [0.5, 0.6) is 17.2 Å². The third-order valence-electron chi connectivity index (χ3n) is 9.97. The molecular formula is C34H24BrCl2FN2O9. The van der Waals surface area contributed by atoms with Gasteiger partial charge in [-0.3, -0.25) is 19.2 Å². The molecule has 4 aliphatic rings. The molecule has 2 aliphatic heterocycles. The minimum absolute atomic E-state index is 0.00150. The van der Waals surface area contributed by atoms with Crippen molar-refractivity contribution in [1.82, 2.24) is 0 Å². The van der Waals surface area contributed by atoms with Crippen LogP contribution in [0.25, 0.3) is 0 Å². The van der Waals surface area contributed by atoms with Gasteiger partial charge in [-0.1, -0.05) is 27.6 Å². The number of allylic oxidation sites excluding steroid dienone is 2. The number of aromatic hydroxyl groups is 2. The predicted octanol–water partition coefficient (Wildman–Crippen LogP) is 5.47. The number of methoxy groups -OCH3 is 1. The maximum Gasteiger partial charge on any atom is 0.339 e. The zero-order chi connectivity index (χ0) is 35.3. The first-order valence-corrected chi connectivity index (χ1v) is 16.4. The number of hydrogen-bond acceptors (Lipinski definition) is 8. The Balaban J connectivity index is 1.41. The van der Waals surface area contributed by atoms with Gasteiger partial charge in [-0.2, -0.15) is 0 Å². The van der Waals surface area contributed by atoms with Gasteiger partial charge in [-0.15, -0.1) is 23.2 Å². The first kappa shape index (κ1) is 33.1. The van der Waals surface area contributed by atoms with Crippen molar-refractivity contribution in [2.24, 2.45) is 17.8 Å². The van der Waals surface area contributed by atoms with Crippen molar-refractivity contribution in [3.05, 3.63) is 87.7 Å². The Hall–Kier alpha value is -4.46. The topological polar surface area (TPSA) is 162 Å². The zero-order valence-electron chi connectivity index (χ0n) is 25.2. The van der Waals surface area contributed by atoms with Gasteiger partial charge in [-0.05, 0) is 67.3 Å². The molecule has 2 heterocycles. The number of fused-ring (bicyclic) bond motifs is 4. The highest BCUT2D eigenvalue weighted by Crippen LogP contribution is 2.67. The van der Waals surface area contributed by atoms with Crippen molar-refractivity contribution in [3.8, 4) is 17.2 Å². The van der Waals surface area contributed by atoms with Gasteiger partial charge in [0.15, 0.2) is 21.2 Å². The summed E-state index contributed by atoms with van der Waals surface area (Å²) in [6.45, 7) is 0. The number of phenolic OH excluding ortho intramolecular Hbond substituents is 1. The summed E-state index contributed by atoms with van der Waals surface area (Å²) in [6, 6.07) is 10.9. The SMILES string of the molecule is COc1cc(Br)cc([C@H]2C3=CC[C@@H]4C(=O)N(c5ccc(C(=O)O)c(O)c5)C(=O)[C@@H]4[C@@H]3C[C@@]3(Cl)C(=O)N(c4ccc(F)cc4)C(=O)[C@@]23Cl)c1O. The number of phenols is 2. The number of carboxylic acid groups (broad SMARTS) is 1. The molecule has 0 aromatic heterocycles. The van der Waals surface area contributed by atoms with Crippen LogP contribution in [0.4, 0.5) is 15.8 Å². The highest BCUT2D eigenvalue weighted by molar-refractivity contribution is 9.10. The number of alkyl halides is 2. The molecule has 3 fully saturated rings. The van der Waals surface area contributed by atoms with Gasteiger partial charge < -0.3 is 20.1 Å². The molecule has 3 aromatic carbocycles. The molecule has 252 valence electrons. The van der Waals surface area contributed by atoms with Crippen molar-refractivity contribution in [1.29, 1.82) is 0 Å². The quantitative estimate of drug-likeness (QED) is 0.173. The predicted molar refractivity (Wildman–Crippen MR) is 177 cm³/mol. The number of hydrogen-bond donors (Lipinski definition) is 3. The van der Waals surface area contributed by atoms with Gasteiger partial charge >= 0.3 is 5.97 Å². The molecule has 1 saturated carbocycles. The highest BCUT2D eigenvalue weighted by atomic mass is 79.9. The molecule has 15 heteroatoms. The summed E-state index contributed by atoms with van der Waals surface area (Å²) in [4.78, 5) is 65.6. The molecule has 0 bridgehead atoms. The number of ether oxygens (including phenoxy) is 1. The van der Waals surface area contributed by atoms with E-state index in [1.165, 1.54) is 37.4 Å². The Morgan fingerprint density at radius 3 is 2.24 bits per heavy atom. The third kappa shape index (κ3) is 4.48. The van der Waals surface area contributed by atoms with E-state index in [4.69, 9.17) is 27.9 Å². The fraction of sp³-hybridized carbons (Fsp3) is 0.265. The van der Waals surface area contributed by atoms with E-state index in [1.54, 1.807) is 6.08 Å². The number of imide groups is 2.